The number of halogens is 1. The van der Waals surface area contributed by atoms with Crippen LogP contribution in [0.5, 0.6) is 0 Å². The Hall–Kier alpha value is -3.26. The molecule has 0 unspecified atom stereocenters. The minimum Gasteiger partial charge on any atom is -0.447 e. The van der Waals surface area contributed by atoms with Crippen LogP contribution in [0, 0.1) is 0 Å². The number of rotatable bonds is 3. The number of nitrogen functional groups attached to an aromatic ring is 1. The molecular weight excluding hydrogens is 440 g/mol. The van der Waals surface area contributed by atoms with Crippen molar-refractivity contribution in [3.63, 3.8) is 0 Å². The summed E-state index contributed by atoms with van der Waals surface area (Å²) in [5.41, 5.74) is 4.47. The van der Waals surface area contributed by atoms with Crippen molar-refractivity contribution in [1.29, 1.82) is 0 Å². The fourth-order valence-electron chi connectivity index (χ4n) is 5.02. The highest BCUT2D eigenvalue weighted by Gasteiger charge is 2.48. The Balaban J connectivity index is 1.44. The van der Waals surface area contributed by atoms with Gasteiger partial charge in [-0.3, -0.25) is 4.98 Å². The smallest absolute Gasteiger partial charge is 0.410 e. The number of hydrogen-bond acceptors (Lipinski definition) is 6. The lowest BCUT2D eigenvalue weighted by atomic mass is 9.72. The van der Waals surface area contributed by atoms with Gasteiger partial charge in [0.1, 0.15) is 5.82 Å². The van der Waals surface area contributed by atoms with Gasteiger partial charge in [-0.1, -0.05) is 18.2 Å². The number of nitrogens with two attached hydrogens (primary N) is 1. The van der Waals surface area contributed by atoms with E-state index >= 15 is 0 Å². The predicted octanol–water partition coefficient (Wildman–Crippen LogP) is 4.21. The summed E-state index contributed by atoms with van der Waals surface area (Å²) in [4.78, 5) is 25.4. The molecule has 172 valence electrons. The van der Waals surface area contributed by atoms with Gasteiger partial charge in [-0.15, -0.1) is 0 Å². The van der Waals surface area contributed by atoms with Gasteiger partial charge in [0.25, 0.3) is 0 Å². The SMILES string of the molecule is C=C1N(Cc2nc3ccc(Cl)cc3n2N)c2cnccc2C12CCN(C(=O)OC(C)C)CC2. The molecule has 1 saturated heterocycles. The van der Waals surface area contributed by atoms with Crippen LogP contribution in [0.1, 0.15) is 38.1 Å². The molecule has 8 nitrogen and oxygen atoms in total. The largest absolute Gasteiger partial charge is 0.447 e. The molecule has 5 rings (SSSR count). The third-order valence-electron chi connectivity index (χ3n) is 6.72. The number of ether oxygens (including phenoxy) is 1. The van der Waals surface area contributed by atoms with Gasteiger partial charge in [0.15, 0.2) is 0 Å². The molecule has 0 radical (unpaired) electrons. The fourth-order valence-corrected chi connectivity index (χ4v) is 5.19. The summed E-state index contributed by atoms with van der Waals surface area (Å²) in [6.07, 6.45) is 4.82. The number of benzene rings is 1. The lowest BCUT2D eigenvalue weighted by Gasteiger charge is -2.40. The summed E-state index contributed by atoms with van der Waals surface area (Å²) in [6, 6.07) is 7.55. The number of hydrogen-bond donors (Lipinski definition) is 1. The Morgan fingerprint density at radius 1 is 1.30 bits per heavy atom. The van der Waals surface area contributed by atoms with E-state index in [2.05, 4.69) is 22.5 Å². The molecule has 33 heavy (non-hydrogen) atoms. The first-order chi connectivity index (χ1) is 15.8. The molecule has 3 aromatic rings. The minimum absolute atomic E-state index is 0.137. The first-order valence-corrected chi connectivity index (χ1v) is 11.5. The number of amides is 1. The van der Waals surface area contributed by atoms with E-state index in [1.807, 2.05) is 44.4 Å². The quantitative estimate of drug-likeness (QED) is 0.581. The van der Waals surface area contributed by atoms with Crippen molar-refractivity contribution in [2.75, 3.05) is 23.8 Å². The van der Waals surface area contributed by atoms with Crippen molar-refractivity contribution in [3.05, 3.63) is 65.3 Å². The Kier molecular flexibility index (Phi) is 5.20. The van der Waals surface area contributed by atoms with E-state index < -0.39 is 0 Å². The predicted molar refractivity (Wildman–Crippen MR) is 129 cm³/mol. The molecule has 0 atom stereocenters. The van der Waals surface area contributed by atoms with E-state index in [4.69, 9.17) is 27.2 Å². The van der Waals surface area contributed by atoms with Crippen molar-refractivity contribution in [1.82, 2.24) is 19.5 Å². The molecule has 1 amide bonds. The molecule has 0 saturated carbocycles. The Bertz CT molecular complexity index is 1240. The molecule has 0 bridgehead atoms. The van der Waals surface area contributed by atoms with Crippen LogP contribution >= 0.6 is 11.6 Å². The van der Waals surface area contributed by atoms with Crippen molar-refractivity contribution in [3.8, 4) is 0 Å². The first kappa shape index (κ1) is 21.6. The zero-order chi connectivity index (χ0) is 23.3. The van der Waals surface area contributed by atoms with E-state index in [0.29, 0.717) is 30.5 Å². The van der Waals surface area contributed by atoms with Crippen LogP contribution in [-0.4, -0.2) is 44.8 Å². The van der Waals surface area contributed by atoms with Gasteiger partial charge in [-0.2, -0.15) is 0 Å². The van der Waals surface area contributed by atoms with Crippen LogP contribution in [0.4, 0.5) is 10.5 Å². The maximum atomic E-state index is 12.4. The Labute approximate surface area is 197 Å². The van der Waals surface area contributed by atoms with E-state index in [9.17, 15) is 4.79 Å². The molecule has 1 fully saturated rings. The summed E-state index contributed by atoms with van der Waals surface area (Å²) in [5, 5.41) is 0.613. The summed E-state index contributed by atoms with van der Waals surface area (Å²) >= 11 is 6.15. The second-order valence-corrected chi connectivity index (χ2v) is 9.39. The van der Waals surface area contributed by atoms with Gasteiger partial charge < -0.3 is 20.4 Å². The van der Waals surface area contributed by atoms with Gasteiger partial charge in [0.2, 0.25) is 0 Å². The number of aromatic nitrogens is 3. The van der Waals surface area contributed by atoms with Crippen molar-refractivity contribution < 1.29 is 9.53 Å². The van der Waals surface area contributed by atoms with Crippen molar-refractivity contribution in [2.24, 2.45) is 0 Å². The monoisotopic (exact) mass is 466 g/mol. The molecular formula is C24H27ClN6O2. The Morgan fingerprint density at radius 2 is 2.06 bits per heavy atom. The average Bonchev–Trinajstić information content (AvgIpc) is 3.22. The normalized spacial score (nSPS) is 17.3. The number of likely N-dealkylation sites (tertiary alicyclic amines) is 1. The highest BCUT2D eigenvalue weighted by atomic mass is 35.5. The highest BCUT2D eigenvalue weighted by molar-refractivity contribution is 6.31. The topological polar surface area (TPSA) is 89.5 Å². The Morgan fingerprint density at radius 3 is 2.79 bits per heavy atom. The maximum absolute atomic E-state index is 12.4. The zero-order valence-corrected chi connectivity index (χ0v) is 19.5. The van der Waals surface area contributed by atoms with E-state index in [0.717, 1.165) is 35.3 Å². The molecule has 1 aromatic carbocycles. The van der Waals surface area contributed by atoms with Crippen LogP contribution < -0.4 is 10.7 Å². The number of piperidine rings is 1. The van der Waals surface area contributed by atoms with Crippen LogP contribution in [0.25, 0.3) is 11.0 Å². The molecule has 2 aliphatic rings. The molecule has 2 N–H and O–H groups in total. The molecule has 4 heterocycles. The van der Waals surface area contributed by atoms with E-state index in [-0.39, 0.29) is 17.6 Å². The summed E-state index contributed by atoms with van der Waals surface area (Å²) < 4.78 is 6.98. The standard InChI is InChI=1S/C24H27ClN6O2/c1-15(2)33-23(32)29-10-7-24(8-11-29)16(3)30(21-13-27-9-6-18(21)24)14-22-28-19-5-4-17(25)12-20(19)31(22)26/h4-6,9,12-13,15H,3,7-8,10-11,14,26H2,1-2H3. The third kappa shape index (κ3) is 3.49. The lowest BCUT2D eigenvalue weighted by molar-refractivity contribution is 0.0647. The van der Waals surface area contributed by atoms with Gasteiger partial charge in [-0.25, -0.2) is 14.5 Å². The highest BCUT2D eigenvalue weighted by Crippen LogP contribution is 2.53. The number of anilines is 1. The zero-order valence-electron chi connectivity index (χ0n) is 18.8. The molecule has 0 aliphatic carbocycles. The second kappa shape index (κ2) is 7.95. The summed E-state index contributed by atoms with van der Waals surface area (Å²) in [6.45, 7) is 9.90. The van der Waals surface area contributed by atoms with E-state index in [1.54, 1.807) is 9.58 Å². The number of carbonyl (C=O) groups is 1. The van der Waals surface area contributed by atoms with E-state index in [1.165, 1.54) is 5.56 Å². The number of nitrogens with zero attached hydrogens (tertiary/aromatic N) is 5. The molecule has 1 spiro atoms. The van der Waals surface area contributed by atoms with Gasteiger partial charge >= 0.3 is 6.09 Å². The van der Waals surface area contributed by atoms with Crippen molar-refractivity contribution in [2.45, 2.75) is 44.8 Å². The minimum atomic E-state index is -0.262. The van der Waals surface area contributed by atoms with Crippen LogP contribution in [0.15, 0.2) is 48.9 Å². The van der Waals surface area contributed by atoms with Gasteiger partial charge in [0.05, 0.1) is 35.6 Å². The summed E-state index contributed by atoms with van der Waals surface area (Å²) in [5.74, 6) is 7.08. The maximum Gasteiger partial charge on any atom is 0.410 e. The third-order valence-corrected chi connectivity index (χ3v) is 6.96. The molecule has 2 aliphatic heterocycles. The number of allylic oxidation sites excluding steroid dienone is 1. The number of pyridine rings is 1. The lowest BCUT2D eigenvalue weighted by Crippen LogP contribution is -2.46. The van der Waals surface area contributed by atoms with Crippen LogP contribution in [-0.2, 0) is 16.7 Å². The van der Waals surface area contributed by atoms with Crippen LogP contribution in [0.3, 0.4) is 0 Å². The van der Waals surface area contributed by atoms with Crippen LogP contribution in [0.2, 0.25) is 5.02 Å². The number of carbonyl (C=O) groups excluding carboxylic acids is 1. The molecule has 9 heteroatoms. The van der Waals surface area contributed by atoms with Crippen molar-refractivity contribution >= 4 is 34.4 Å². The summed E-state index contributed by atoms with van der Waals surface area (Å²) in [7, 11) is 0. The first-order valence-electron chi connectivity index (χ1n) is 11.1. The van der Waals surface area contributed by atoms with Gasteiger partial charge in [-0.05, 0) is 56.5 Å². The fraction of sp³-hybridized carbons (Fsp3) is 0.375. The van der Waals surface area contributed by atoms with Gasteiger partial charge in [0, 0.05) is 35.4 Å². The molecule has 2 aromatic heterocycles. The number of imidazole rings is 1. The second-order valence-electron chi connectivity index (χ2n) is 8.96. The number of fused-ring (bicyclic) bond motifs is 3. The average molecular weight is 467 g/mol.